The smallest absolute Gasteiger partial charge is 0.255 e. The average molecular weight is 373 g/mol. The summed E-state index contributed by atoms with van der Waals surface area (Å²) in [5, 5.41) is 0. The van der Waals surface area contributed by atoms with Crippen LogP contribution in [0.25, 0.3) is 0 Å². The van der Waals surface area contributed by atoms with Gasteiger partial charge in [0.25, 0.3) is 5.91 Å². The molecule has 0 fully saturated rings. The summed E-state index contributed by atoms with van der Waals surface area (Å²) in [6.07, 6.45) is 0.523. The minimum absolute atomic E-state index is 0.0503. The van der Waals surface area contributed by atoms with Gasteiger partial charge in [-0.1, -0.05) is 26.1 Å². The summed E-state index contributed by atoms with van der Waals surface area (Å²) in [5.41, 5.74) is 6.13. The van der Waals surface area contributed by atoms with Crippen molar-refractivity contribution in [1.29, 1.82) is 0 Å². The molecule has 1 aromatic rings. The molecule has 0 aliphatic carbocycles. The largest absolute Gasteiger partial charge is 0.497 e. The first-order chi connectivity index (χ1) is 9.85. The Morgan fingerprint density at radius 2 is 2.14 bits per heavy atom. The standard InChI is InChI=1S/C15H21BrN2O2S/c1-10(2)9-18(7-6-14(17)21)15(19)12-8-11(20-3)4-5-13(12)16/h4-5,8,10H,6-7,9H2,1-3H3,(H2,17,21). The van der Waals surface area contributed by atoms with Crippen LogP contribution in [0.15, 0.2) is 22.7 Å². The number of ether oxygens (including phenoxy) is 1. The first-order valence-corrected chi connectivity index (χ1v) is 7.96. The molecule has 116 valence electrons. The molecular formula is C15H21BrN2O2S. The van der Waals surface area contributed by atoms with Gasteiger partial charge in [-0.15, -0.1) is 0 Å². The Morgan fingerprint density at radius 1 is 1.48 bits per heavy atom. The zero-order chi connectivity index (χ0) is 16.0. The highest BCUT2D eigenvalue weighted by atomic mass is 79.9. The molecule has 0 aliphatic rings. The van der Waals surface area contributed by atoms with Gasteiger partial charge in [0, 0.05) is 24.0 Å². The van der Waals surface area contributed by atoms with E-state index in [-0.39, 0.29) is 5.91 Å². The Bertz CT molecular complexity index is 520. The molecule has 0 spiro atoms. The fourth-order valence-corrected chi connectivity index (χ4v) is 2.43. The van der Waals surface area contributed by atoms with E-state index in [0.29, 0.717) is 41.7 Å². The van der Waals surface area contributed by atoms with Crippen LogP contribution in [0.3, 0.4) is 0 Å². The molecule has 1 amide bonds. The molecule has 0 unspecified atom stereocenters. The summed E-state index contributed by atoms with van der Waals surface area (Å²) < 4.78 is 5.93. The van der Waals surface area contributed by atoms with Gasteiger partial charge in [0.1, 0.15) is 5.75 Å². The van der Waals surface area contributed by atoms with Crippen LogP contribution in [0.5, 0.6) is 5.75 Å². The summed E-state index contributed by atoms with van der Waals surface area (Å²) >= 11 is 8.33. The molecule has 0 radical (unpaired) electrons. The van der Waals surface area contributed by atoms with Gasteiger partial charge < -0.3 is 15.4 Å². The van der Waals surface area contributed by atoms with Gasteiger partial charge in [-0.3, -0.25) is 4.79 Å². The Kier molecular flexibility index (Phi) is 7.11. The van der Waals surface area contributed by atoms with Crippen LogP contribution in [0.4, 0.5) is 0 Å². The minimum atomic E-state index is -0.0503. The Hall–Kier alpha value is -1.14. The van der Waals surface area contributed by atoms with E-state index >= 15 is 0 Å². The van der Waals surface area contributed by atoms with Crippen molar-refractivity contribution in [2.24, 2.45) is 11.7 Å². The molecule has 0 bridgehead atoms. The van der Waals surface area contributed by atoms with Gasteiger partial charge in [-0.2, -0.15) is 0 Å². The lowest BCUT2D eigenvalue weighted by molar-refractivity contribution is 0.0740. The molecule has 2 N–H and O–H groups in total. The highest BCUT2D eigenvalue weighted by molar-refractivity contribution is 9.10. The molecule has 21 heavy (non-hydrogen) atoms. The summed E-state index contributed by atoms with van der Waals surface area (Å²) in [6, 6.07) is 5.36. The van der Waals surface area contributed by atoms with Crippen molar-refractivity contribution >= 4 is 39.0 Å². The maximum atomic E-state index is 12.7. The minimum Gasteiger partial charge on any atom is -0.497 e. The fraction of sp³-hybridized carbons (Fsp3) is 0.467. The summed E-state index contributed by atoms with van der Waals surface area (Å²) in [4.78, 5) is 14.9. The second-order valence-corrected chi connectivity index (χ2v) is 6.59. The zero-order valence-corrected chi connectivity index (χ0v) is 15.0. The van der Waals surface area contributed by atoms with E-state index in [1.807, 2.05) is 12.1 Å². The third-order valence-corrected chi connectivity index (χ3v) is 3.80. The lowest BCUT2D eigenvalue weighted by Crippen LogP contribution is -2.36. The number of thiocarbonyl (C=S) groups is 1. The molecule has 4 nitrogen and oxygen atoms in total. The number of halogens is 1. The van der Waals surface area contributed by atoms with Crippen molar-refractivity contribution in [2.75, 3.05) is 20.2 Å². The topological polar surface area (TPSA) is 55.6 Å². The Morgan fingerprint density at radius 3 is 2.67 bits per heavy atom. The maximum absolute atomic E-state index is 12.7. The number of carbonyl (C=O) groups excluding carboxylic acids is 1. The second kappa shape index (κ2) is 8.34. The SMILES string of the molecule is COc1ccc(Br)c(C(=O)N(CCC(N)=S)CC(C)C)c1. The van der Waals surface area contributed by atoms with Gasteiger partial charge in [-0.25, -0.2) is 0 Å². The van der Waals surface area contributed by atoms with E-state index in [2.05, 4.69) is 29.8 Å². The molecular weight excluding hydrogens is 352 g/mol. The number of nitrogens with zero attached hydrogens (tertiary/aromatic N) is 1. The Balaban J connectivity index is 3.00. The van der Waals surface area contributed by atoms with E-state index in [1.165, 1.54) is 0 Å². The van der Waals surface area contributed by atoms with Crippen molar-refractivity contribution in [1.82, 2.24) is 4.90 Å². The summed E-state index contributed by atoms with van der Waals surface area (Å²) in [5.74, 6) is 0.968. The van der Waals surface area contributed by atoms with Crippen LogP contribution >= 0.6 is 28.1 Å². The van der Waals surface area contributed by atoms with Crippen molar-refractivity contribution < 1.29 is 9.53 Å². The van der Waals surface area contributed by atoms with Crippen molar-refractivity contribution in [3.63, 3.8) is 0 Å². The molecule has 0 heterocycles. The predicted octanol–water partition coefficient (Wildman–Crippen LogP) is 3.23. The van der Waals surface area contributed by atoms with Crippen LogP contribution in [-0.2, 0) is 0 Å². The lowest BCUT2D eigenvalue weighted by Gasteiger charge is -2.25. The number of amides is 1. The molecule has 0 saturated heterocycles. The van der Waals surface area contributed by atoms with Crippen LogP contribution < -0.4 is 10.5 Å². The fourth-order valence-electron chi connectivity index (χ4n) is 1.93. The van der Waals surface area contributed by atoms with Crippen LogP contribution in [0.1, 0.15) is 30.6 Å². The van der Waals surface area contributed by atoms with Gasteiger partial charge in [0.2, 0.25) is 0 Å². The maximum Gasteiger partial charge on any atom is 0.255 e. The van der Waals surface area contributed by atoms with Crippen LogP contribution in [-0.4, -0.2) is 36.0 Å². The number of methoxy groups -OCH3 is 1. The number of hydrogen-bond donors (Lipinski definition) is 1. The predicted molar refractivity (Wildman–Crippen MR) is 92.8 cm³/mol. The molecule has 1 aromatic carbocycles. The number of nitrogens with two attached hydrogens (primary N) is 1. The number of carbonyl (C=O) groups is 1. The third kappa shape index (κ3) is 5.63. The monoisotopic (exact) mass is 372 g/mol. The normalized spacial score (nSPS) is 10.5. The molecule has 6 heteroatoms. The number of rotatable bonds is 7. The molecule has 1 rings (SSSR count). The van der Waals surface area contributed by atoms with Crippen molar-refractivity contribution in [3.8, 4) is 5.75 Å². The third-order valence-electron chi connectivity index (χ3n) is 2.90. The van der Waals surface area contributed by atoms with E-state index in [0.717, 1.165) is 4.47 Å². The van der Waals surface area contributed by atoms with Crippen molar-refractivity contribution in [3.05, 3.63) is 28.2 Å². The molecule has 0 saturated carbocycles. The van der Waals surface area contributed by atoms with E-state index in [4.69, 9.17) is 22.7 Å². The molecule has 0 aliphatic heterocycles. The average Bonchev–Trinajstić information content (AvgIpc) is 2.42. The van der Waals surface area contributed by atoms with E-state index < -0.39 is 0 Å². The summed E-state index contributed by atoms with van der Waals surface area (Å²) in [6.45, 7) is 5.32. The van der Waals surface area contributed by atoms with Crippen LogP contribution in [0, 0.1) is 5.92 Å². The van der Waals surface area contributed by atoms with Crippen molar-refractivity contribution in [2.45, 2.75) is 20.3 Å². The number of benzene rings is 1. The van der Waals surface area contributed by atoms with E-state index in [9.17, 15) is 4.79 Å². The van der Waals surface area contributed by atoms with Gasteiger partial charge in [0.05, 0.1) is 17.7 Å². The zero-order valence-electron chi connectivity index (χ0n) is 12.6. The highest BCUT2D eigenvalue weighted by Gasteiger charge is 2.20. The lowest BCUT2D eigenvalue weighted by atomic mass is 10.1. The Labute approximate surface area is 139 Å². The van der Waals surface area contributed by atoms with Gasteiger partial charge in [0.15, 0.2) is 0 Å². The van der Waals surface area contributed by atoms with Gasteiger partial charge >= 0.3 is 0 Å². The van der Waals surface area contributed by atoms with Gasteiger partial charge in [-0.05, 0) is 40.0 Å². The first kappa shape index (κ1) is 17.9. The highest BCUT2D eigenvalue weighted by Crippen LogP contribution is 2.24. The first-order valence-electron chi connectivity index (χ1n) is 6.76. The summed E-state index contributed by atoms with van der Waals surface area (Å²) in [7, 11) is 1.58. The molecule has 0 aromatic heterocycles. The second-order valence-electron chi connectivity index (χ2n) is 5.21. The van der Waals surface area contributed by atoms with Crippen LogP contribution in [0.2, 0.25) is 0 Å². The molecule has 0 atom stereocenters. The quantitative estimate of drug-likeness (QED) is 0.746. The number of hydrogen-bond acceptors (Lipinski definition) is 3. The van der Waals surface area contributed by atoms with E-state index in [1.54, 1.807) is 18.1 Å².